The Morgan fingerprint density at radius 3 is 2.67 bits per heavy atom. The maximum absolute atomic E-state index is 12.3. The number of phenolic OH excluding ortho intramolecular Hbond substituents is 1. The maximum atomic E-state index is 12.3. The molecular formula is C18H18N2O4. The summed E-state index contributed by atoms with van der Waals surface area (Å²) < 4.78 is 5.00. The molecular weight excluding hydrogens is 308 g/mol. The SMILES string of the molecule is COc1ccc(C(=O)Nc2ccc3c(c2)CCN3C(C)=O)c(O)c1. The highest BCUT2D eigenvalue weighted by Crippen LogP contribution is 2.31. The van der Waals surface area contributed by atoms with Crippen molar-refractivity contribution in [2.24, 2.45) is 0 Å². The Labute approximate surface area is 139 Å². The van der Waals surface area contributed by atoms with E-state index in [-0.39, 0.29) is 17.2 Å². The van der Waals surface area contributed by atoms with Gasteiger partial charge in [-0.1, -0.05) is 0 Å². The zero-order chi connectivity index (χ0) is 17.3. The van der Waals surface area contributed by atoms with E-state index >= 15 is 0 Å². The third kappa shape index (κ3) is 2.90. The number of nitrogens with one attached hydrogen (secondary N) is 1. The first-order chi connectivity index (χ1) is 11.5. The largest absolute Gasteiger partial charge is 0.507 e. The fourth-order valence-corrected chi connectivity index (χ4v) is 2.84. The van der Waals surface area contributed by atoms with Crippen LogP contribution in [0.15, 0.2) is 36.4 Å². The number of carbonyl (C=O) groups excluding carboxylic acids is 2. The highest BCUT2D eigenvalue weighted by molar-refractivity contribution is 6.06. The number of fused-ring (bicyclic) bond motifs is 1. The van der Waals surface area contributed by atoms with Crippen LogP contribution in [0.4, 0.5) is 11.4 Å². The lowest BCUT2D eigenvalue weighted by Crippen LogP contribution is -2.25. The van der Waals surface area contributed by atoms with Crippen molar-refractivity contribution >= 4 is 23.2 Å². The summed E-state index contributed by atoms with van der Waals surface area (Å²) in [5.74, 6) is -0.0631. The van der Waals surface area contributed by atoms with Gasteiger partial charge >= 0.3 is 0 Å². The summed E-state index contributed by atoms with van der Waals surface area (Å²) in [4.78, 5) is 25.6. The van der Waals surface area contributed by atoms with E-state index in [9.17, 15) is 14.7 Å². The summed E-state index contributed by atoms with van der Waals surface area (Å²) in [5.41, 5.74) is 2.69. The molecule has 2 amide bonds. The number of benzene rings is 2. The van der Waals surface area contributed by atoms with Gasteiger partial charge in [0.1, 0.15) is 11.5 Å². The molecule has 124 valence electrons. The number of aromatic hydroxyl groups is 1. The number of carbonyl (C=O) groups is 2. The van der Waals surface area contributed by atoms with Crippen LogP contribution in [0.3, 0.4) is 0 Å². The van der Waals surface area contributed by atoms with E-state index in [1.54, 1.807) is 17.0 Å². The maximum Gasteiger partial charge on any atom is 0.259 e. The minimum absolute atomic E-state index is 0.00805. The predicted octanol–water partition coefficient (Wildman–Crippen LogP) is 2.56. The fraction of sp³-hybridized carbons (Fsp3) is 0.222. The van der Waals surface area contributed by atoms with Crippen LogP contribution in [0.5, 0.6) is 11.5 Å². The van der Waals surface area contributed by atoms with Crippen LogP contribution in [-0.4, -0.2) is 30.6 Å². The number of nitrogens with zero attached hydrogens (tertiary/aromatic N) is 1. The lowest BCUT2D eigenvalue weighted by Gasteiger charge is -2.15. The summed E-state index contributed by atoms with van der Waals surface area (Å²) in [6.07, 6.45) is 0.756. The third-order valence-electron chi connectivity index (χ3n) is 4.06. The van der Waals surface area contributed by atoms with Crippen LogP contribution in [0.25, 0.3) is 0 Å². The zero-order valence-electron chi connectivity index (χ0n) is 13.5. The summed E-state index contributed by atoms with van der Waals surface area (Å²) in [6, 6.07) is 9.95. The molecule has 0 saturated heterocycles. The Kier molecular flexibility index (Phi) is 4.12. The summed E-state index contributed by atoms with van der Waals surface area (Å²) in [7, 11) is 1.49. The number of amides is 2. The monoisotopic (exact) mass is 326 g/mol. The van der Waals surface area contributed by atoms with Gasteiger partial charge in [-0.25, -0.2) is 0 Å². The Balaban J connectivity index is 1.80. The van der Waals surface area contributed by atoms with Gasteiger partial charge in [0.25, 0.3) is 5.91 Å². The van der Waals surface area contributed by atoms with Crippen molar-refractivity contribution in [3.05, 3.63) is 47.5 Å². The molecule has 0 atom stereocenters. The molecule has 1 heterocycles. The molecule has 2 N–H and O–H groups in total. The van der Waals surface area contributed by atoms with E-state index in [4.69, 9.17) is 4.74 Å². The second-order valence-electron chi connectivity index (χ2n) is 5.60. The van der Waals surface area contributed by atoms with E-state index in [0.29, 0.717) is 18.0 Å². The molecule has 0 aromatic heterocycles. The van der Waals surface area contributed by atoms with E-state index in [0.717, 1.165) is 17.7 Å². The van der Waals surface area contributed by atoms with Crippen molar-refractivity contribution in [2.75, 3.05) is 23.9 Å². The van der Waals surface area contributed by atoms with E-state index in [1.165, 1.54) is 26.2 Å². The molecule has 3 rings (SSSR count). The standard InChI is InChI=1S/C18H18N2O4/c1-11(21)20-8-7-12-9-13(3-6-16(12)20)19-18(23)15-5-4-14(24-2)10-17(15)22/h3-6,9-10,22H,7-8H2,1-2H3,(H,19,23). The average Bonchev–Trinajstić information content (AvgIpc) is 2.97. The average molecular weight is 326 g/mol. The van der Waals surface area contributed by atoms with Crippen LogP contribution >= 0.6 is 0 Å². The number of phenols is 1. The van der Waals surface area contributed by atoms with Gasteiger partial charge in [-0.15, -0.1) is 0 Å². The number of methoxy groups -OCH3 is 1. The van der Waals surface area contributed by atoms with Gasteiger partial charge < -0.3 is 20.1 Å². The molecule has 1 aliphatic rings. The molecule has 0 fully saturated rings. The summed E-state index contributed by atoms with van der Waals surface area (Å²) >= 11 is 0. The summed E-state index contributed by atoms with van der Waals surface area (Å²) in [6.45, 7) is 2.19. The molecule has 1 aliphatic heterocycles. The quantitative estimate of drug-likeness (QED) is 0.908. The van der Waals surface area contributed by atoms with Gasteiger partial charge in [0, 0.05) is 30.9 Å². The van der Waals surface area contributed by atoms with E-state index < -0.39 is 5.91 Å². The molecule has 24 heavy (non-hydrogen) atoms. The first-order valence-electron chi connectivity index (χ1n) is 7.59. The molecule has 6 heteroatoms. The van der Waals surface area contributed by atoms with Gasteiger partial charge in [0.05, 0.1) is 12.7 Å². The van der Waals surface area contributed by atoms with Gasteiger partial charge in [-0.05, 0) is 42.3 Å². The van der Waals surface area contributed by atoms with Gasteiger partial charge in [-0.2, -0.15) is 0 Å². The van der Waals surface area contributed by atoms with Crippen molar-refractivity contribution in [2.45, 2.75) is 13.3 Å². The van der Waals surface area contributed by atoms with Crippen LogP contribution in [0.1, 0.15) is 22.8 Å². The minimum atomic E-state index is -0.406. The number of hydrogen-bond acceptors (Lipinski definition) is 4. The smallest absolute Gasteiger partial charge is 0.259 e. The Hall–Kier alpha value is -3.02. The lowest BCUT2D eigenvalue weighted by molar-refractivity contribution is -0.116. The van der Waals surface area contributed by atoms with Crippen molar-refractivity contribution in [1.29, 1.82) is 0 Å². The molecule has 0 radical (unpaired) electrons. The van der Waals surface area contributed by atoms with Crippen LogP contribution < -0.4 is 15.0 Å². The Bertz CT molecular complexity index is 817. The van der Waals surface area contributed by atoms with Crippen molar-refractivity contribution in [3.8, 4) is 11.5 Å². The molecule has 2 aromatic carbocycles. The lowest BCUT2D eigenvalue weighted by atomic mass is 10.1. The minimum Gasteiger partial charge on any atom is -0.507 e. The molecule has 0 bridgehead atoms. The number of hydrogen-bond donors (Lipinski definition) is 2. The summed E-state index contributed by atoms with van der Waals surface area (Å²) in [5, 5.41) is 12.7. The zero-order valence-corrected chi connectivity index (χ0v) is 13.5. The highest BCUT2D eigenvalue weighted by Gasteiger charge is 2.22. The van der Waals surface area contributed by atoms with Crippen LogP contribution in [-0.2, 0) is 11.2 Å². The third-order valence-corrected chi connectivity index (χ3v) is 4.06. The predicted molar refractivity (Wildman–Crippen MR) is 90.8 cm³/mol. The van der Waals surface area contributed by atoms with Crippen LogP contribution in [0, 0.1) is 0 Å². The van der Waals surface area contributed by atoms with Crippen molar-refractivity contribution in [3.63, 3.8) is 0 Å². The number of rotatable bonds is 3. The van der Waals surface area contributed by atoms with Crippen LogP contribution in [0.2, 0.25) is 0 Å². The molecule has 0 saturated carbocycles. The first-order valence-corrected chi connectivity index (χ1v) is 7.59. The number of ether oxygens (including phenoxy) is 1. The highest BCUT2D eigenvalue weighted by atomic mass is 16.5. The molecule has 6 nitrogen and oxygen atoms in total. The molecule has 0 spiro atoms. The fourth-order valence-electron chi connectivity index (χ4n) is 2.84. The van der Waals surface area contributed by atoms with Crippen molar-refractivity contribution < 1.29 is 19.4 Å². The molecule has 0 unspecified atom stereocenters. The van der Waals surface area contributed by atoms with Crippen molar-refractivity contribution in [1.82, 2.24) is 0 Å². The molecule has 2 aromatic rings. The Morgan fingerprint density at radius 2 is 2.00 bits per heavy atom. The normalized spacial score (nSPS) is 12.7. The first kappa shape index (κ1) is 15.9. The van der Waals surface area contributed by atoms with Gasteiger partial charge in [0.2, 0.25) is 5.91 Å². The van der Waals surface area contributed by atoms with E-state index in [2.05, 4.69) is 5.32 Å². The second kappa shape index (κ2) is 6.23. The Morgan fingerprint density at radius 1 is 1.21 bits per heavy atom. The number of anilines is 2. The van der Waals surface area contributed by atoms with E-state index in [1.807, 2.05) is 12.1 Å². The van der Waals surface area contributed by atoms with Gasteiger partial charge in [0.15, 0.2) is 0 Å². The molecule has 0 aliphatic carbocycles. The van der Waals surface area contributed by atoms with Gasteiger partial charge in [-0.3, -0.25) is 9.59 Å². The second-order valence-corrected chi connectivity index (χ2v) is 5.60. The topological polar surface area (TPSA) is 78.9 Å².